The fraction of sp³-hybridized carbons (Fsp3) is 0.958. The summed E-state index contributed by atoms with van der Waals surface area (Å²) in [6, 6.07) is -0.0698. The van der Waals surface area contributed by atoms with Gasteiger partial charge in [-0.25, -0.2) is 4.79 Å². The summed E-state index contributed by atoms with van der Waals surface area (Å²) in [5.41, 5.74) is -0.569. The normalized spacial score (nSPS) is 32.8. The van der Waals surface area contributed by atoms with Gasteiger partial charge in [-0.3, -0.25) is 4.90 Å². The number of hydrogen-bond acceptors (Lipinski definition) is 8. The number of rotatable bonds is 5. The summed E-state index contributed by atoms with van der Waals surface area (Å²) in [7, 11) is -2.15. The standard InChI is InChI=1S/C24H46N2O6SSi/c1-22(2,3)31-21(27)25-15-16-18-19(30-24(7,8)29-18)17(26-11-13-33-14-12-26)20(28-16)32-34(9,10)23(4,5)6/h16-20H,11-15H2,1-10H3,(H,25,27)/t16?,17-,18?,19?,20?/m0/s1. The summed E-state index contributed by atoms with van der Waals surface area (Å²) >= 11 is 1.97. The van der Waals surface area contributed by atoms with Gasteiger partial charge in [-0.15, -0.1) is 0 Å². The highest BCUT2D eigenvalue weighted by Crippen LogP contribution is 2.43. The number of amides is 1. The molecule has 34 heavy (non-hydrogen) atoms. The molecule has 10 heteroatoms. The van der Waals surface area contributed by atoms with Crippen LogP contribution < -0.4 is 5.32 Å². The van der Waals surface area contributed by atoms with Crippen LogP contribution in [0.3, 0.4) is 0 Å². The molecule has 0 radical (unpaired) electrons. The smallest absolute Gasteiger partial charge is 0.407 e. The molecule has 198 valence electrons. The first-order valence-electron chi connectivity index (χ1n) is 12.5. The van der Waals surface area contributed by atoms with E-state index in [-0.39, 0.29) is 29.8 Å². The Bertz CT molecular complexity index is 717. The fourth-order valence-electron chi connectivity index (χ4n) is 4.34. The van der Waals surface area contributed by atoms with E-state index in [1.165, 1.54) is 0 Å². The topological polar surface area (TPSA) is 78.5 Å². The quantitative estimate of drug-likeness (QED) is 0.543. The van der Waals surface area contributed by atoms with Crippen molar-refractivity contribution in [3.8, 4) is 0 Å². The van der Waals surface area contributed by atoms with Gasteiger partial charge in [-0.1, -0.05) is 20.8 Å². The summed E-state index contributed by atoms with van der Waals surface area (Å²) in [4.78, 5) is 14.8. The average molecular weight is 519 g/mol. The largest absolute Gasteiger partial charge is 0.444 e. The van der Waals surface area contributed by atoms with Gasteiger partial charge >= 0.3 is 6.09 Å². The van der Waals surface area contributed by atoms with Crippen LogP contribution >= 0.6 is 11.8 Å². The Morgan fingerprint density at radius 3 is 2.24 bits per heavy atom. The summed E-state index contributed by atoms with van der Waals surface area (Å²) in [5, 5.41) is 2.91. The van der Waals surface area contributed by atoms with Crippen LogP contribution in [-0.2, 0) is 23.4 Å². The summed E-state index contributed by atoms with van der Waals surface area (Å²) in [5.74, 6) is 1.42. The third-order valence-corrected chi connectivity index (χ3v) is 12.4. The van der Waals surface area contributed by atoms with Gasteiger partial charge in [0.2, 0.25) is 0 Å². The highest BCUT2D eigenvalue weighted by molar-refractivity contribution is 7.99. The van der Waals surface area contributed by atoms with E-state index in [4.69, 9.17) is 23.4 Å². The molecule has 0 aromatic heterocycles. The maximum absolute atomic E-state index is 12.4. The molecule has 0 aliphatic carbocycles. The Labute approximate surface area is 211 Å². The van der Waals surface area contributed by atoms with E-state index in [1.54, 1.807) is 0 Å². The van der Waals surface area contributed by atoms with Gasteiger partial charge in [-0.2, -0.15) is 11.8 Å². The number of alkyl carbamates (subject to hydrolysis) is 1. The number of nitrogens with one attached hydrogen (secondary N) is 1. The lowest BCUT2D eigenvalue weighted by Gasteiger charge is -2.50. The molecule has 0 saturated carbocycles. The Morgan fingerprint density at radius 1 is 1.09 bits per heavy atom. The van der Waals surface area contributed by atoms with Crippen LogP contribution in [0.2, 0.25) is 18.1 Å². The molecule has 0 aromatic carbocycles. The molecule has 8 nitrogen and oxygen atoms in total. The lowest BCUT2D eigenvalue weighted by molar-refractivity contribution is -0.234. The zero-order chi connectivity index (χ0) is 25.5. The SMILES string of the molecule is CC(C)(C)OC(=O)NCC1OC(O[Si](C)(C)C(C)(C)C)[C@@H](N2CCSCC2)C2OC(C)(C)OC12. The van der Waals surface area contributed by atoms with Crippen molar-refractivity contribution >= 4 is 26.2 Å². The van der Waals surface area contributed by atoms with Crippen LogP contribution in [0.4, 0.5) is 4.79 Å². The van der Waals surface area contributed by atoms with Crippen molar-refractivity contribution in [3.05, 3.63) is 0 Å². The van der Waals surface area contributed by atoms with E-state index in [0.29, 0.717) is 0 Å². The lowest BCUT2D eigenvalue weighted by atomic mass is 9.95. The molecule has 4 unspecified atom stereocenters. The molecule has 3 heterocycles. The Balaban J connectivity index is 1.87. The van der Waals surface area contributed by atoms with Crippen molar-refractivity contribution in [2.45, 2.75) is 116 Å². The fourth-order valence-corrected chi connectivity index (χ4v) is 6.40. The van der Waals surface area contributed by atoms with Gasteiger partial charge in [0.25, 0.3) is 0 Å². The second-order valence-electron chi connectivity index (χ2n) is 12.5. The van der Waals surface area contributed by atoms with E-state index in [0.717, 1.165) is 24.6 Å². The first-order valence-corrected chi connectivity index (χ1v) is 16.5. The van der Waals surface area contributed by atoms with Crippen LogP contribution in [0, 0.1) is 0 Å². The monoisotopic (exact) mass is 518 g/mol. The molecular formula is C24H46N2O6SSi. The summed E-state index contributed by atoms with van der Waals surface area (Å²) < 4.78 is 31.8. The van der Waals surface area contributed by atoms with Crippen molar-refractivity contribution in [3.63, 3.8) is 0 Å². The number of thioether (sulfide) groups is 1. The molecule has 0 bridgehead atoms. The van der Waals surface area contributed by atoms with Crippen LogP contribution in [0.1, 0.15) is 55.4 Å². The van der Waals surface area contributed by atoms with Gasteiger partial charge in [0.15, 0.2) is 20.4 Å². The molecule has 0 aromatic rings. The van der Waals surface area contributed by atoms with Gasteiger partial charge in [0.05, 0.1) is 6.04 Å². The van der Waals surface area contributed by atoms with Crippen LogP contribution in [0.5, 0.6) is 0 Å². The molecule has 0 spiro atoms. The molecule has 3 aliphatic heterocycles. The molecule has 5 atom stereocenters. The second-order valence-corrected chi connectivity index (χ2v) is 18.5. The van der Waals surface area contributed by atoms with Crippen molar-refractivity contribution in [2.24, 2.45) is 0 Å². The minimum Gasteiger partial charge on any atom is -0.444 e. The number of carbonyl (C=O) groups is 1. The van der Waals surface area contributed by atoms with Gasteiger partial charge in [-0.05, 0) is 52.8 Å². The molecule has 1 amide bonds. The van der Waals surface area contributed by atoms with Gasteiger partial charge in [0, 0.05) is 31.1 Å². The van der Waals surface area contributed by atoms with Crippen molar-refractivity contribution in [1.29, 1.82) is 0 Å². The molecule has 3 saturated heterocycles. The maximum Gasteiger partial charge on any atom is 0.407 e. The minimum atomic E-state index is -2.15. The Morgan fingerprint density at radius 2 is 1.68 bits per heavy atom. The van der Waals surface area contributed by atoms with E-state index in [2.05, 4.69) is 44.1 Å². The minimum absolute atomic E-state index is 0.0338. The number of carbonyl (C=O) groups excluding carboxylic acids is 1. The van der Waals surface area contributed by atoms with Crippen LogP contribution in [0.25, 0.3) is 0 Å². The van der Waals surface area contributed by atoms with Gasteiger partial charge < -0.3 is 28.7 Å². The van der Waals surface area contributed by atoms with E-state index in [9.17, 15) is 4.79 Å². The van der Waals surface area contributed by atoms with Crippen LogP contribution in [0.15, 0.2) is 0 Å². The van der Waals surface area contributed by atoms with Crippen LogP contribution in [-0.4, -0.2) is 92.5 Å². The summed E-state index contributed by atoms with van der Waals surface area (Å²) in [6.45, 7) is 22.8. The highest BCUT2D eigenvalue weighted by atomic mass is 32.2. The van der Waals surface area contributed by atoms with Crippen molar-refractivity contribution in [1.82, 2.24) is 10.2 Å². The average Bonchev–Trinajstić information content (AvgIpc) is 2.99. The third kappa shape index (κ3) is 6.89. The summed E-state index contributed by atoms with van der Waals surface area (Å²) in [6.07, 6.45) is -1.88. The molecular weight excluding hydrogens is 472 g/mol. The second kappa shape index (κ2) is 10.2. The highest BCUT2D eigenvalue weighted by Gasteiger charge is 2.58. The number of nitrogens with zero attached hydrogens (tertiary/aromatic N) is 1. The maximum atomic E-state index is 12.4. The molecule has 3 fully saturated rings. The predicted octanol–water partition coefficient (Wildman–Crippen LogP) is 4.20. The lowest BCUT2D eigenvalue weighted by Crippen LogP contribution is -2.67. The predicted molar refractivity (Wildman–Crippen MR) is 138 cm³/mol. The van der Waals surface area contributed by atoms with Gasteiger partial charge in [0.1, 0.15) is 23.9 Å². The molecule has 3 rings (SSSR count). The Hall–Kier alpha value is -0.363. The first-order chi connectivity index (χ1) is 15.5. The zero-order valence-corrected chi connectivity index (χ0v) is 24.5. The van der Waals surface area contributed by atoms with E-state index in [1.807, 2.05) is 46.4 Å². The number of hydrogen-bond donors (Lipinski definition) is 1. The number of ether oxygens (including phenoxy) is 4. The third-order valence-electron chi connectivity index (χ3n) is 6.99. The van der Waals surface area contributed by atoms with E-state index >= 15 is 0 Å². The molecule has 1 N–H and O–H groups in total. The van der Waals surface area contributed by atoms with Crippen molar-refractivity contribution in [2.75, 3.05) is 31.1 Å². The van der Waals surface area contributed by atoms with E-state index < -0.39 is 38.2 Å². The first kappa shape index (κ1) is 28.2. The van der Waals surface area contributed by atoms with Crippen molar-refractivity contribution < 1.29 is 28.2 Å². The Kier molecular flexibility index (Phi) is 8.45. The number of fused-ring (bicyclic) bond motifs is 1. The zero-order valence-electron chi connectivity index (χ0n) is 22.7. The molecule has 3 aliphatic rings.